The fraction of sp³-hybridized carbons (Fsp3) is 0.222. The fourth-order valence-electron chi connectivity index (χ4n) is 0.851. The highest BCUT2D eigenvalue weighted by atomic mass is 32.1. The van der Waals surface area contributed by atoms with E-state index in [9.17, 15) is 0 Å². The van der Waals surface area contributed by atoms with Gasteiger partial charge < -0.3 is 10.5 Å². The molecule has 0 fully saturated rings. The molecule has 3 nitrogen and oxygen atoms in total. The second kappa shape index (κ2) is 4.67. The van der Waals surface area contributed by atoms with Gasteiger partial charge in [0.1, 0.15) is 5.75 Å². The predicted molar refractivity (Wildman–Crippen MR) is 55.4 cm³/mol. The smallest absolute Gasteiger partial charge is 0.180 e. The first kappa shape index (κ1) is 9.80. The van der Waals surface area contributed by atoms with E-state index in [0.717, 1.165) is 10.6 Å². The molecule has 0 saturated heterocycles. The Morgan fingerprint density at radius 2 is 2.31 bits per heavy atom. The van der Waals surface area contributed by atoms with Crippen LogP contribution in [0.15, 0.2) is 24.4 Å². The molecule has 0 radical (unpaired) electrons. The van der Waals surface area contributed by atoms with Crippen LogP contribution in [0.3, 0.4) is 0 Å². The van der Waals surface area contributed by atoms with Crippen molar-refractivity contribution in [3.8, 4) is 5.75 Å². The molecule has 0 unspecified atom stereocenters. The zero-order valence-electron chi connectivity index (χ0n) is 7.65. The van der Waals surface area contributed by atoms with Gasteiger partial charge in [0.25, 0.3) is 0 Å². The normalized spacial score (nSPS) is 9.08. The highest BCUT2D eigenvalue weighted by molar-refractivity contribution is 7.14. The van der Waals surface area contributed by atoms with Crippen LogP contribution >= 0.6 is 11.3 Å². The molecule has 0 spiro atoms. The number of nitrogen functional groups attached to an aromatic ring is 1. The summed E-state index contributed by atoms with van der Waals surface area (Å²) in [6, 6.07) is 5.55. The first-order chi connectivity index (χ1) is 6.22. The molecule has 0 aliphatic carbocycles. The molecular formula is C9H12N2OS. The van der Waals surface area contributed by atoms with Crippen LogP contribution in [0.4, 0.5) is 5.13 Å². The zero-order chi connectivity index (χ0) is 9.68. The molecule has 1 heterocycles. The lowest BCUT2D eigenvalue weighted by molar-refractivity contribution is 0.415. The van der Waals surface area contributed by atoms with E-state index in [2.05, 4.69) is 4.98 Å². The lowest BCUT2D eigenvalue weighted by Crippen LogP contribution is -1.81. The minimum Gasteiger partial charge on any atom is -0.497 e. The van der Waals surface area contributed by atoms with Crippen molar-refractivity contribution in [3.05, 3.63) is 29.3 Å². The Labute approximate surface area is 81.5 Å². The van der Waals surface area contributed by atoms with E-state index in [-0.39, 0.29) is 0 Å². The average Bonchev–Trinajstić information content (AvgIpc) is 2.16. The van der Waals surface area contributed by atoms with Crippen LogP contribution in [0.2, 0.25) is 0 Å². The maximum atomic E-state index is 5.61. The van der Waals surface area contributed by atoms with E-state index in [0.29, 0.717) is 5.13 Å². The minimum absolute atomic E-state index is 0.538. The van der Waals surface area contributed by atoms with Crippen LogP contribution in [-0.2, 0) is 0 Å². The maximum Gasteiger partial charge on any atom is 0.180 e. The number of nitrogens with zero attached hydrogens (tertiary/aromatic N) is 1. The molecule has 1 rings (SSSR count). The SMILES string of the molecule is COc1cccnc(N)sc(C)c1. The van der Waals surface area contributed by atoms with E-state index in [1.807, 2.05) is 19.1 Å². The third kappa shape index (κ3) is 3.29. The Bertz CT molecular complexity index is 334. The number of nitrogens with two attached hydrogens (primary N) is 1. The van der Waals surface area contributed by atoms with Crippen molar-refractivity contribution in [2.75, 3.05) is 12.8 Å². The van der Waals surface area contributed by atoms with Gasteiger partial charge in [-0.25, -0.2) is 4.98 Å². The van der Waals surface area contributed by atoms with Crippen molar-refractivity contribution in [1.29, 1.82) is 0 Å². The summed E-state index contributed by atoms with van der Waals surface area (Å²) in [6.45, 7) is 1.96. The van der Waals surface area contributed by atoms with Crippen LogP contribution in [0.25, 0.3) is 0 Å². The van der Waals surface area contributed by atoms with Crippen LogP contribution < -0.4 is 10.5 Å². The first-order valence-corrected chi connectivity index (χ1v) is 4.64. The molecular weight excluding hydrogens is 184 g/mol. The third-order valence-corrected chi connectivity index (χ3v) is 2.15. The van der Waals surface area contributed by atoms with Gasteiger partial charge in [-0.2, -0.15) is 0 Å². The number of methoxy groups -OCH3 is 1. The van der Waals surface area contributed by atoms with Crippen LogP contribution in [0, 0.1) is 6.92 Å². The Morgan fingerprint density at radius 1 is 1.54 bits per heavy atom. The van der Waals surface area contributed by atoms with Crippen LogP contribution in [0.5, 0.6) is 5.75 Å². The topological polar surface area (TPSA) is 48.1 Å². The highest BCUT2D eigenvalue weighted by Gasteiger charge is 1.88. The molecule has 0 amide bonds. The van der Waals surface area contributed by atoms with E-state index >= 15 is 0 Å². The van der Waals surface area contributed by atoms with Crippen molar-refractivity contribution in [1.82, 2.24) is 4.98 Å². The molecule has 1 aromatic heterocycles. The maximum absolute atomic E-state index is 5.61. The van der Waals surface area contributed by atoms with Crippen molar-refractivity contribution in [2.24, 2.45) is 0 Å². The predicted octanol–water partition coefficient (Wildman–Crippen LogP) is 2.17. The molecule has 4 heteroatoms. The van der Waals surface area contributed by atoms with Gasteiger partial charge in [-0.15, -0.1) is 11.3 Å². The van der Waals surface area contributed by atoms with Crippen LogP contribution in [-0.4, -0.2) is 12.1 Å². The second-order valence-corrected chi connectivity index (χ2v) is 3.71. The number of ether oxygens (including phenoxy) is 1. The summed E-state index contributed by atoms with van der Waals surface area (Å²) in [6.07, 6.45) is 1.65. The molecule has 1 aromatic rings. The van der Waals surface area contributed by atoms with Crippen molar-refractivity contribution < 1.29 is 4.74 Å². The highest BCUT2D eigenvalue weighted by Crippen LogP contribution is 2.14. The molecule has 0 atom stereocenters. The lowest BCUT2D eigenvalue weighted by Gasteiger charge is -1.94. The second-order valence-electron chi connectivity index (χ2n) is 2.44. The summed E-state index contributed by atoms with van der Waals surface area (Å²) in [5, 5.41) is 0.538. The summed E-state index contributed by atoms with van der Waals surface area (Å²) in [5.41, 5.74) is 5.61. The van der Waals surface area contributed by atoms with Crippen molar-refractivity contribution in [3.63, 3.8) is 0 Å². The van der Waals surface area contributed by atoms with Gasteiger partial charge in [-0.3, -0.25) is 0 Å². The van der Waals surface area contributed by atoms with Gasteiger partial charge >= 0.3 is 0 Å². The number of rotatable bonds is 1. The molecule has 0 bridgehead atoms. The Kier molecular flexibility index (Phi) is 3.52. The standard InChI is InChI=1S/C9H12N2OS/c1-7-6-8(12-2)4-3-5-11-9(10)13-7/h3-6H,1-2H3,(H2,10,11). The molecule has 13 heavy (non-hydrogen) atoms. The fourth-order valence-corrected chi connectivity index (χ4v) is 1.47. The Hall–Kier alpha value is -1.29. The summed E-state index contributed by atoms with van der Waals surface area (Å²) in [5.74, 6) is 0.797. The van der Waals surface area contributed by atoms with E-state index in [1.165, 1.54) is 11.3 Å². The van der Waals surface area contributed by atoms with Gasteiger partial charge in [0.2, 0.25) is 0 Å². The van der Waals surface area contributed by atoms with Gasteiger partial charge in [0, 0.05) is 11.1 Å². The average molecular weight is 196 g/mol. The Morgan fingerprint density at radius 3 is 3.00 bits per heavy atom. The molecule has 0 aromatic carbocycles. The third-order valence-electron chi connectivity index (χ3n) is 1.40. The lowest BCUT2D eigenvalue weighted by atomic mass is 10.4. The summed E-state index contributed by atoms with van der Waals surface area (Å²) >= 11 is 1.42. The van der Waals surface area contributed by atoms with E-state index < -0.39 is 0 Å². The Balaban J connectivity index is 3.30. The number of hydrogen-bond donors (Lipinski definition) is 1. The largest absolute Gasteiger partial charge is 0.497 e. The molecule has 0 saturated carbocycles. The number of aryl methyl sites for hydroxylation is 1. The quantitative estimate of drug-likeness (QED) is 0.748. The van der Waals surface area contributed by atoms with E-state index in [1.54, 1.807) is 19.4 Å². The van der Waals surface area contributed by atoms with Crippen molar-refractivity contribution >= 4 is 16.5 Å². The van der Waals surface area contributed by atoms with Gasteiger partial charge in [-0.1, -0.05) is 0 Å². The van der Waals surface area contributed by atoms with Gasteiger partial charge in [-0.05, 0) is 25.1 Å². The van der Waals surface area contributed by atoms with Crippen molar-refractivity contribution in [2.45, 2.75) is 6.92 Å². The number of aromatic nitrogens is 1. The summed E-state index contributed by atoms with van der Waals surface area (Å²) in [7, 11) is 1.64. The van der Waals surface area contributed by atoms with E-state index in [4.69, 9.17) is 10.5 Å². The molecule has 0 aliphatic heterocycles. The molecule has 0 aliphatic rings. The molecule has 2 N–H and O–H groups in total. The van der Waals surface area contributed by atoms with Crippen LogP contribution in [0.1, 0.15) is 4.88 Å². The zero-order valence-corrected chi connectivity index (χ0v) is 8.47. The van der Waals surface area contributed by atoms with Gasteiger partial charge in [0.05, 0.1) is 7.11 Å². The minimum atomic E-state index is 0.538. The number of anilines is 1. The summed E-state index contributed by atoms with van der Waals surface area (Å²) in [4.78, 5) is 5.05. The number of hydrogen-bond acceptors (Lipinski definition) is 4. The van der Waals surface area contributed by atoms with Gasteiger partial charge in [0.15, 0.2) is 5.13 Å². The molecule has 70 valence electrons. The monoisotopic (exact) mass is 196 g/mol. The first-order valence-electron chi connectivity index (χ1n) is 3.82. The summed E-state index contributed by atoms with van der Waals surface area (Å²) < 4.78 is 5.12.